The van der Waals surface area contributed by atoms with Crippen molar-refractivity contribution in [2.45, 2.75) is 19.0 Å². The fraction of sp³-hybridized carbons (Fsp3) is 0.312. The number of carbonyl (C=O) groups is 2. The number of carbonyl (C=O) groups excluding carboxylic acids is 2. The third-order valence-electron chi connectivity index (χ3n) is 7.53. The Morgan fingerprint density at radius 3 is 2.39 bits per heavy atom. The van der Waals surface area contributed by atoms with Crippen molar-refractivity contribution in [3.8, 4) is 11.5 Å². The Balaban J connectivity index is 1.23. The Bertz CT molecular complexity index is 1460. The summed E-state index contributed by atoms with van der Waals surface area (Å²) in [6.07, 6.45) is 2.28. The molecule has 1 aromatic heterocycles. The van der Waals surface area contributed by atoms with E-state index in [9.17, 15) is 9.59 Å². The van der Waals surface area contributed by atoms with Crippen LogP contribution >= 0.6 is 0 Å². The number of hydrogen-bond acceptors (Lipinski definition) is 6. The van der Waals surface area contributed by atoms with Gasteiger partial charge in [-0.05, 0) is 41.5 Å². The minimum atomic E-state index is -0.729. The lowest BCUT2D eigenvalue weighted by atomic mass is 10.0. The monoisotopic (exact) mass is 555 g/mol. The minimum Gasteiger partial charge on any atom is -0.493 e. The lowest BCUT2D eigenvalue weighted by Gasteiger charge is -2.35. The van der Waals surface area contributed by atoms with E-state index < -0.39 is 6.04 Å². The van der Waals surface area contributed by atoms with Crippen LogP contribution in [-0.4, -0.2) is 74.7 Å². The first-order valence-electron chi connectivity index (χ1n) is 13.9. The first-order valence-corrected chi connectivity index (χ1v) is 13.9. The molecule has 0 saturated carbocycles. The van der Waals surface area contributed by atoms with E-state index in [1.165, 1.54) is 5.69 Å². The van der Waals surface area contributed by atoms with E-state index in [1.54, 1.807) is 14.2 Å². The van der Waals surface area contributed by atoms with Crippen LogP contribution in [0.3, 0.4) is 0 Å². The highest BCUT2D eigenvalue weighted by atomic mass is 16.5. The van der Waals surface area contributed by atoms with Crippen molar-refractivity contribution in [3.05, 3.63) is 90.1 Å². The van der Waals surface area contributed by atoms with Crippen molar-refractivity contribution in [1.82, 2.24) is 20.5 Å². The fourth-order valence-electron chi connectivity index (χ4n) is 5.28. The molecule has 0 aliphatic carbocycles. The maximum atomic E-state index is 13.5. The number of amides is 2. The van der Waals surface area contributed by atoms with Crippen LogP contribution in [0.15, 0.2) is 79.0 Å². The van der Waals surface area contributed by atoms with E-state index in [2.05, 4.69) is 37.6 Å². The third kappa shape index (κ3) is 6.99. The molecule has 9 heteroatoms. The highest BCUT2D eigenvalue weighted by Gasteiger charge is 2.25. The van der Waals surface area contributed by atoms with Crippen LogP contribution in [0.2, 0.25) is 0 Å². The summed E-state index contributed by atoms with van der Waals surface area (Å²) in [5, 5.41) is 7.06. The highest BCUT2D eigenvalue weighted by molar-refractivity contribution is 5.90. The molecular formula is C32H37N5O4. The first-order chi connectivity index (χ1) is 20.0. The second-order valence-corrected chi connectivity index (χ2v) is 10.2. The van der Waals surface area contributed by atoms with Gasteiger partial charge in [0, 0.05) is 61.9 Å². The highest BCUT2D eigenvalue weighted by Crippen LogP contribution is 2.27. The molecule has 0 bridgehead atoms. The average molecular weight is 556 g/mol. The predicted octanol–water partition coefficient (Wildman–Crippen LogP) is 3.35. The molecule has 214 valence electrons. The number of hydrogen-bond donors (Lipinski definition) is 3. The van der Waals surface area contributed by atoms with E-state index in [4.69, 9.17) is 9.47 Å². The van der Waals surface area contributed by atoms with E-state index in [1.807, 2.05) is 66.9 Å². The zero-order valence-electron chi connectivity index (χ0n) is 23.6. The summed E-state index contributed by atoms with van der Waals surface area (Å²) < 4.78 is 10.7. The largest absolute Gasteiger partial charge is 0.493 e. The number of anilines is 1. The van der Waals surface area contributed by atoms with E-state index in [0.29, 0.717) is 24.5 Å². The summed E-state index contributed by atoms with van der Waals surface area (Å²) in [5.74, 6) is 0.809. The van der Waals surface area contributed by atoms with Gasteiger partial charge >= 0.3 is 0 Å². The molecule has 1 aliphatic rings. The minimum absolute atomic E-state index is 0.163. The van der Waals surface area contributed by atoms with Crippen LogP contribution in [0.1, 0.15) is 11.1 Å². The Hall–Kier alpha value is -4.50. The second-order valence-electron chi connectivity index (χ2n) is 10.2. The predicted molar refractivity (Wildman–Crippen MR) is 160 cm³/mol. The fourth-order valence-corrected chi connectivity index (χ4v) is 5.28. The number of H-pyrrole nitrogens is 1. The number of nitrogens with one attached hydrogen (secondary N) is 3. The summed E-state index contributed by atoms with van der Waals surface area (Å²) >= 11 is 0. The van der Waals surface area contributed by atoms with Gasteiger partial charge < -0.3 is 30.0 Å². The van der Waals surface area contributed by atoms with Crippen molar-refractivity contribution in [3.63, 3.8) is 0 Å². The maximum absolute atomic E-state index is 13.5. The Labute approximate surface area is 240 Å². The number of nitrogens with zero attached hydrogens (tertiary/aromatic N) is 2. The standard InChI is InChI=1S/C32H37N5O4/c1-40-29-13-12-23(18-30(29)41-2)20-34-32(39)28(19-24-21-33-27-11-7-6-10-26(24)27)35-31(38)22-36-14-16-37(17-15-36)25-8-4-3-5-9-25/h3-13,18,21,28,33H,14-17,19-20,22H2,1-2H3,(H,34,39)(H,35,38). The summed E-state index contributed by atoms with van der Waals surface area (Å²) in [7, 11) is 3.16. The topological polar surface area (TPSA) is 98.9 Å². The van der Waals surface area contributed by atoms with Gasteiger partial charge in [0.2, 0.25) is 11.8 Å². The molecule has 5 rings (SSSR count). The maximum Gasteiger partial charge on any atom is 0.243 e. The molecule has 0 spiro atoms. The van der Waals surface area contributed by atoms with Gasteiger partial charge in [-0.15, -0.1) is 0 Å². The Morgan fingerprint density at radius 1 is 0.902 bits per heavy atom. The second kappa shape index (κ2) is 13.2. The molecule has 2 heterocycles. The third-order valence-corrected chi connectivity index (χ3v) is 7.53. The van der Waals surface area contributed by atoms with Crippen molar-refractivity contribution < 1.29 is 19.1 Å². The van der Waals surface area contributed by atoms with Gasteiger partial charge in [-0.25, -0.2) is 0 Å². The number of ether oxygens (including phenoxy) is 2. The molecule has 3 N–H and O–H groups in total. The Kier molecular flexibility index (Phi) is 9.05. The molecule has 4 aromatic rings. The number of aromatic amines is 1. The van der Waals surface area contributed by atoms with E-state index in [0.717, 1.165) is 48.2 Å². The molecule has 1 saturated heterocycles. The van der Waals surface area contributed by atoms with Crippen molar-refractivity contribution in [1.29, 1.82) is 0 Å². The molecule has 3 aromatic carbocycles. The average Bonchev–Trinajstić information content (AvgIpc) is 3.42. The van der Waals surface area contributed by atoms with E-state index >= 15 is 0 Å². The van der Waals surface area contributed by atoms with Crippen molar-refractivity contribution in [2.24, 2.45) is 0 Å². The summed E-state index contributed by atoms with van der Waals surface area (Å²) in [6.45, 7) is 3.79. The zero-order valence-corrected chi connectivity index (χ0v) is 23.6. The number of benzene rings is 3. The summed E-state index contributed by atoms with van der Waals surface area (Å²) in [5.41, 5.74) is 4.03. The first kappa shape index (κ1) is 28.0. The van der Waals surface area contributed by atoms with Gasteiger partial charge in [0.1, 0.15) is 6.04 Å². The molecule has 1 atom stereocenters. The lowest BCUT2D eigenvalue weighted by Crippen LogP contribution is -2.53. The normalized spacial score (nSPS) is 14.4. The number of fused-ring (bicyclic) bond motifs is 1. The molecule has 1 aliphatic heterocycles. The smallest absolute Gasteiger partial charge is 0.243 e. The van der Waals surface area contributed by atoms with Crippen molar-refractivity contribution in [2.75, 3.05) is 51.8 Å². The van der Waals surface area contributed by atoms with Crippen LogP contribution < -0.4 is 25.0 Å². The van der Waals surface area contributed by atoms with Gasteiger partial charge in [0.15, 0.2) is 11.5 Å². The van der Waals surface area contributed by atoms with Crippen LogP contribution in [-0.2, 0) is 22.6 Å². The number of piperazine rings is 1. The molecule has 1 fully saturated rings. The number of methoxy groups -OCH3 is 2. The summed E-state index contributed by atoms with van der Waals surface area (Å²) in [4.78, 5) is 34.4. The number of aromatic nitrogens is 1. The van der Waals surface area contributed by atoms with Gasteiger partial charge in [0.25, 0.3) is 0 Å². The lowest BCUT2D eigenvalue weighted by molar-refractivity contribution is -0.129. The molecule has 2 amide bonds. The number of rotatable bonds is 11. The van der Waals surface area contributed by atoms with Gasteiger partial charge in [-0.1, -0.05) is 42.5 Å². The van der Waals surface area contributed by atoms with E-state index in [-0.39, 0.29) is 18.4 Å². The quantitative estimate of drug-likeness (QED) is 0.263. The van der Waals surface area contributed by atoms with Crippen LogP contribution in [0.5, 0.6) is 11.5 Å². The molecule has 1 unspecified atom stereocenters. The zero-order chi connectivity index (χ0) is 28.6. The van der Waals surface area contributed by atoms with Gasteiger partial charge in [0.05, 0.1) is 20.8 Å². The van der Waals surface area contributed by atoms with Crippen LogP contribution in [0, 0.1) is 0 Å². The van der Waals surface area contributed by atoms with Crippen LogP contribution in [0.25, 0.3) is 10.9 Å². The van der Waals surface area contributed by atoms with Gasteiger partial charge in [-0.2, -0.15) is 0 Å². The number of para-hydroxylation sites is 2. The summed E-state index contributed by atoms with van der Waals surface area (Å²) in [6, 6.07) is 23.1. The molecule has 9 nitrogen and oxygen atoms in total. The van der Waals surface area contributed by atoms with Crippen LogP contribution in [0.4, 0.5) is 5.69 Å². The van der Waals surface area contributed by atoms with Crippen molar-refractivity contribution >= 4 is 28.4 Å². The van der Waals surface area contributed by atoms with Gasteiger partial charge in [-0.3, -0.25) is 14.5 Å². The molecule has 41 heavy (non-hydrogen) atoms. The molecular weight excluding hydrogens is 518 g/mol. The SMILES string of the molecule is COc1ccc(CNC(=O)C(Cc2c[nH]c3ccccc23)NC(=O)CN2CCN(c3ccccc3)CC2)cc1OC. The molecule has 0 radical (unpaired) electrons. The Morgan fingerprint density at radius 2 is 1.63 bits per heavy atom.